The van der Waals surface area contributed by atoms with E-state index >= 15 is 0 Å². The Balaban J connectivity index is 1.61. The van der Waals surface area contributed by atoms with Gasteiger partial charge in [0.2, 0.25) is 5.91 Å². The summed E-state index contributed by atoms with van der Waals surface area (Å²) < 4.78 is 0. The molecule has 1 aromatic carbocycles. The fourth-order valence-electron chi connectivity index (χ4n) is 2.61. The molecule has 0 aromatic heterocycles. The highest BCUT2D eigenvalue weighted by Gasteiger charge is 2.24. The zero-order valence-corrected chi connectivity index (χ0v) is 12.9. The molecule has 2 unspecified atom stereocenters. The van der Waals surface area contributed by atoms with Crippen LogP contribution >= 0.6 is 11.8 Å². The van der Waals surface area contributed by atoms with Crippen LogP contribution in [0.3, 0.4) is 0 Å². The Hall–Kier alpha value is -1.00. The quantitative estimate of drug-likeness (QED) is 0.811. The van der Waals surface area contributed by atoms with E-state index in [0.717, 1.165) is 10.8 Å². The smallest absolute Gasteiger partial charge is 0.234 e. The number of thioether (sulfide) groups is 1. The number of hydrogen-bond donors (Lipinski definition) is 2. The van der Waals surface area contributed by atoms with E-state index in [0.29, 0.717) is 19.1 Å². The Labute approximate surface area is 125 Å². The predicted molar refractivity (Wildman–Crippen MR) is 85.9 cm³/mol. The zero-order valence-electron chi connectivity index (χ0n) is 12.1. The molecule has 1 aliphatic carbocycles. The highest BCUT2D eigenvalue weighted by molar-refractivity contribution is 7.99. The van der Waals surface area contributed by atoms with Crippen molar-refractivity contribution in [2.75, 3.05) is 12.3 Å². The lowest BCUT2D eigenvalue weighted by molar-refractivity contribution is -0.120. The third-order valence-electron chi connectivity index (χ3n) is 3.67. The van der Waals surface area contributed by atoms with E-state index in [1.165, 1.54) is 25.0 Å². The standard InChI is InChI=1S/C16H24N2OS/c1-2-20-15-9-8-14(10-15)17-12-16(19)18-11-13-6-4-3-5-7-13/h3-7,14-15,17H,2,8-12H2,1H3,(H,18,19). The Morgan fingerprint density at radius 1 is 1.30 bits per heavy atom. The van der Waals surface area contributed by atoms with Crippen molar-refractivity contribution in [2.45, 2.75) is 44.0 Å². The summed E-state index contributed by atoms with van der Waals surface area (Å²) >= 11 is 2.04. The van der Waals surface area contributed by atoms with Gasteiger partial charge in [-0.15, -0.1) is 0 Å². The second kappa shape index (κ2) is 8.32. The molecule has 1 aromatic rings. The van der Waals surface area contributed by atoms with Crippen LogP contribution in [0.15, 0.2) is 30.3 Å². The lowest BCUT2D eigenvalue weighted by Crippen LogP contribution is -2.38. The van der Waals surface area contributed by atoms with Crippen molar-refractivity contribution >= 4 is 17.7 Å². The molecule has 0 radical (unpaired) electrons. The van der Waals surface area contributed by atoms with Gasteiger partial charge in [-0.3, -0.25) is 4.79 Å². The summed E-state index contributed by atoms with van der Waals surface area (Å²) in [6.45, 7) is 3.25. The summed E-state index contributed by atoms with van der Waals surface area (Å²) in [6, 6.07) is 10.5. The van der Waals surface area contributed by atoms with Gasteiger partial charge in [0, 0.05) is 17.8 Å². The van der Waals surface area contributed by atoms with Crippen LogP contribution in [0.5, 0.6) is 0 Å². The minimum atomic E-state index is 0.0837. The van der Waals surface area contributed by atoms with E-state index in [9.17, 15) is 4.79 Å². The van der Waals surface area contributed by atoms with Crippen molar-refractivity contribution in [1.29, 1.82) is 0 Å². The van der Waals surface area contributed by atoms with E-state index in [-0.39, 0.29) is 5.91 Å². The van der Waals surface area contributed by atoms with Gasteiger partial charge in [-0.25, -0.2) is 0 Å². The molecule has 1 fully saturated rings. The number of amides is 1. The van der Waals surface area contributed by atoms with E-state index in [1.807, 2.05) is 42.1 Å². The summed E-state index contributed by atoms with van der Waals surface area (Å²) in [6.07, 6.45) is 3.68. The number of nitrogens with one attached hydrogen (secondary N) is 2. The van der Waals surface area contributed by atoms with Crippen LogP contribution in [0.25, 0.3) is 0 Å². The molecule has 110 valence electrons. The molecule has 2 N–H and O–H groups in total. The monoisotopic (exact) mass is 292 g/mol. The van der Waals surface area contributed by atoms with E-state index < -0.39 is 0 Å². The maximum atomic E-state index is 11.8. The van der Waals surface area contributed by atoms with Crippen molar-refractivity contribution in [2.24, 2.45) is 0 Å². The van der Waals surface area contributed by atoms with Crippen molar-refractivity contribution in [1.82, 2.24) is 10.6 Å². The SMILES string of the molecule is CCSC1CCC(NCC(=O)NCc2ccccc2)C1. The minimum Gasteiger partial charge on any atom is -0.351 e. The van der Waals surface area contributed by atoms with Crippen LogP contribution in [0.2, 0.25) is 0 Å². The van der Waals surface area contributed by atoms with Crippen LogP contribution in [0.4, 0.5) is 0 Å². The molecule has 1 aliphatic rings. The molecule has 2 atom stereocenters. The fraction of sp³-hybridized carbons (Fsp3) is 0.562. The molecule has 1 saturated carbocycles. The summed E-state index contributed by atoms with van der Waals surface area (Å²) in [5.74, 6) is 1.27. The van der Waals surface area contributed by atoms with Gasteiger partial charge < -0.3 is 10.6 Å². The molecular weight excluding hydrogens is 268 g/mol. The van der Waals surface area contributed by atoms with Crippen LogP contribution in [-0.4, -0.2) is 29.5 Å². The lowest BCUT2D eigenvalue weighted by Gasteiger charge is -2.13. The minimum absolute atomic E-state index is 0.0837. The van der Waals surface area contributed by atoms with Gasteiger partial charge in [-0.05, 0) is 30.6 Å². The highest BCUT2D eigenvalue weighted by atomic mass is 32.2. The van der Waals surface area contributed by atoms with E-state index in [2.05, 4.69) is 17.6 Å². The van der Waals surface area contributed by atoms with Crippen LogP contribution in [0, 0.1) is 0 Å². The van der Waals surface area contributed by atoms with Gasteiger partial charge in [0.25, 0.3) is 0 Å². The number of rotatable bonds is 7. The Bertz CT molecular complexity index is 410. The fourth-order valence-corrected chi connectivity index (χ4v) is 3.75. The molecule has 0 spiro atoms. The maximum absolute atomic E-state index is 11.8. The van der Waals surface area contributed by atoms with Crippen LogP contribution in [0.1, 0.15) is 31.7 Å². The van der Waals surface area contributed by atoms with E-state index in [1.54, 1.807) is 0 Å². The summed E-state index contributed by atoms with van der Waals surface area (Å²) in [5.41, 5.74) is 1.14. The molecule has 0 saturated heterocycles. The molecular formula is C16H24N2OS. The zero-order chi connectivity index (χ0) is 14.2. The molecule has 0 bridgehead atoms. The second-order valence-electron chi connectivity index (χ2n) is 5.23. The lowest BCUT2D eigenvalue weighted by atomic mass is 10.2. The van der Waals surface area contributed by atoms with Crippen molar-refractivity contribution < 1.29 is 4.79 Å². The third-order valence-corrected chi connectivity index (χ3v) is 4.90. The van der Waals surface area contributed by atoms with Crippen molar-refractivity contribution in [3.8, 4) is 0 Å². The summed E-state index contributed by atoms with van der Waals surface area (Å²) in [4.78, 5) is 11.8. The molecule has 20 heavy (non-hydrogen) atoms. The van der Waals surface area contributed by atoms with Gasteiger partial charge in [0.15, 0.2) is 0 Å². The van der Waals surface area contributed by atoms with Crippen molar-refractivity contribution in [3.05, 3.63) is 35.9 Å². The number of carbonyl (C=O) groups is 1. The Kier molecular flexibility index (Phi) is 6.40. The third kappa shape index (κ3) is 5.17. The molecule has 2 rings (SSSR count). The van der Waals surface area contributed by atoms with Crippen LogP contribution in [-0.2, 0) is 11.3 Å². The second-order valence-corrected chi connectivity index (χ2v) is 6.81. The number of carbonyl (C=O) groups excluding carboxylic acids is 1. The highest BCUT2D eigenvalue weighted by Crippen LogP contribution is 2.29. The Morgan fingerprint density at radius 2 is 2.10 bits per heavy atom. The van der Waals surface area contributed by atoms with Crippen molar-refractivity contribution in [3.63, 3.8) is 0 Å². The number of benzene rings is 1. The van der Waals surface area contributed by atoms with Gasteiger partial charge in [-0.2, -0.15) is 11.8 Å². The van der Waals surface area contributed by atoms with Crippen LogP contribution < -0.4 is 10.6 Å². The first-order valence-electron chi connectivity index (χ1n) is 7.43. The molecule has 1 amide bonds. The summed E-state index contributed by atoms with van der Waals surface area (Å²) in [7, 11) is 0. The normalized spacial score (nSPS) is 21.9. The average molecular weight is 292 g/mol. The van der Waals surface area contributed by atoms with Gasteiger partial charge >= 0.3 is 0 Å². The number of hydrogen-bond acceptors (Lipinski definition) is 3. The topological polar surface area (TPSA) is 41.1 Å². The van der Waals surface area contributed by atoms with Gasteiger partial charge in [0.05, 0.1) is 6.54 Å². The molecule has 3 nitrogen and oxygen atoms in total. The molecule has 0 aliphatic heterocycles. The Morgan fingerprint density at radius 3 is 2.85 bits per heavy atom. The van der Waals surface area contributed by atoms with E-state index in [4.69, 9.17) is 0 Å². The maximum Gasteiger partial charge on any atom is 0.234 e. The molecule has 4 heteroatoms. The summed E-state index contributed by atoms with van der Waals surface area (Å²) in [5, 5.41) is 7.12. The first-order valence-corrected chi connectivity index (χ1v) is 8.48. The van der Waals surface area contributed by atoms with Gasteiger partial charge in [-0.1, -0.05) is 37.3 Å². The molecule has 0 heterocycles. The van der Waals surface area contributed by atoms with Gasteiger partial charge in [0.1, 0.15) is 0 Å². The largest absolute Gasteiger partial charge is 0.351 e. The first kappa shape index (κ1) is 15.4. The predicted octanol–water partition coefficient (Wildman–Crippen LogP) is 2.57. The average Bonchev–Trinajstić information content (AvgIpc) is 2.92. The first-order chi connectivity index (χ1) is 9.78.